The van der Waals surface area contributed by atoms with Crippen LogP contribution in [0.25, 0.3) is 0 Å². The lowest BCUT2D eigenvalue weighted by atomic mass is 9.70. The molecule has 0 aromatic heterocycles. The molecule has 4 saturated carbocycles. The second kappa shape index (κ2) is 6.96. The molecule has 4 aliphatic rings. The molecule has 0 heterocycles. The molecule has 0 aromatic rings. The number of hydrogen-bond donors (Lipinski definition) is 0. The number of carbonyl (C=O) groups excluding carboxylic acids is 2. The summed E-state index contributed by atoms with van der Waals surface area (Å²) in [5, 5.41) is 0. The first-order valence-electron chi connectivity index (χ1n) is 12.0. The average molecular weight is 429 g/mol. The van der Waals surface area contributed by atoms with Crippen LogP contribution in [0.2, 0.25) is 0 Å². The van der Waals surface area contributed by atoms with Gasteiger partial charge in [0.25, 0.3) is 0 Å². The minimum absolute atomic E-state index is 0.00926. The predicted octanol–water partition coefficient (Wildman–Crippen LogP) is 6.00. The molecule has 31 heavy (non-hydrogen) atoms. The van der Waals surface area contributed by atoms with Gasteiger partial charge in [-0.2, -0.15) is 0 Å². The molecular weight excluding hydrogens is 388 g/mol. The van der Waals surface area contributed by atoms with E-state index in [0.717, 1.165) is 25.7 Å². The molecule has 4 heteroatoms. The summed E-state index contributed by atoms with van der Waals surface area (Å²) in [7, 11) is 0. The Morgan fingerprint density at radius 3 is 1.58 bits per heavy atom. The van der Waals surface area contributed by atoms with Crippen molar-refractivity contribution >= 4 is 11.9 Å². The van der Waals surface area contributed by atoms with Crippen molar-refractivity contribution in [1.29, 1.82) is 0 Å². The van der Waals surface area contributed by atoms with Gasteiger partial charge in [-0.1, -0.05) is 48.1 Å². The molecule has 0 radical (unpaired) electrons. The van der Waals surface area contributed by atoms with Crippen molar-refractivity contribution in [2.75, 3.05) is 0 Å². The number of carbonyl (C=O) groups is 2. The van der Waals surface area contributed by atoms with Gasteiger partial charge in [0.2, 0.25) is 0 Å². The predicted molar refractivity (Wildman–Crippen MR) is 121 cm³/mol. The topological polar surface area (TPSA) is 52.6 Å². The van der Waals surface area contributed by atoms with Gasteiger partial charge in [0, 0.05) is 16.4 Å². The summed E-state index contributed by atoms with van der Waals surface area (Å²) in [4.78, 5) is 25.5. The lowest BCUT2D eigenvalue weighted by Gasteiger charge is -2.38. The number of rotatable bonds is 5. The molecule has 4 nitrogen and oxygen atoms in total. The van der Waals surface area contributed by atoms with Crippen LogP contribution in [0.4, 0.5) is 0 Å². The first-order chi connectivity index (χ1) is 14.2. The Bertz CT molecular complexity index is 849. The molecule has 6 unspecified atom stereocenters. The maximum atomic E-state index is 12.8. The van der Waals surface area contributed by atoms with E-state index >= 15 is 0 Å². The molecule has 0 saturated heterocycles. The van der Waals surface area contributed by atoms with Crippen LogP contribution in [0.1, 0.15) is 87.0 Å². The molecular formula is C27H40O4. The number of esters is 2. The van der Waals surface area contributed by atoms with E-state index in [9.17, 15) is 9.59 Å². The van der Waals surface area contributed by atoms with Crippen molar-refractivity contribution in [3.8, 4) is 0 Å². The highest BCUT2D eigenvalue weighted by atomic mass is 16.5. The van der Waals surface area contributed by atoms with Gasteiger partial charge in [-0.3, -0.25) is 0 Å². The Balaban J connectivity index is 1.37. The first-order valence-corrected chi connectivity index (χ1v) is 12.0. The zero-order valence-corrected chi connectivity index (χ0v) is 20.5. The van der Waals surface area contributed by atoms with Gasteiger partial charge in [0.15, 0.2) is 0 Å². The standard InChI is InChI=1S/C27H40O4/c1-16(22(28)30-20-14-18-9-11-26(20,7)24(18,3)4)13-17(2)23(29)31-21-15-19-10-12-27(21,8)25(19,5)6/h13,18-21H,1,9-12,14-15H2,2-8H3/b17-13+. The van der Waals surface area contributed by atoms with Crippen LogP contribution in [0.15, 0.2) is 23.8 Å². The summed E-state index contributed by atoms with van der Waals surface area (Å²) < 4.78 is 11.9. The summed E-state index contributed by atoms with van der Waals surface area (Å²) in [6, 6.07) is 0. The van der Waals surface area contributed by atoms with E-state index < -0.39 is 5.97 Å². The quantitative estimate of drug-likeness (QED) is 0.306. The van der Waals surface area contributed by atoms with Gasteiger partial charge in [0.1, 0.15) is 12.2 Å². The van der Waals surface area contributed by atoms with Crippen molar-refractivity contribution in [2.45, 2.75) is 99.2 Å². The molecule has 0 amide bonds. The molecule has 0 aromatic carbocycles. The fourth-order valence-corrected chi connectivity index (χ4v) is 7.42. The first kappa shape index (κ1) is 22.6. The van der Waals surface area contributed by atoms with Gasteiger partial charge in [-0.15, -0.1) is 0 Å². The summed E-state index contributed by atoms with van der Waals surface area (Å²) in [6.45, 7) is 19.3. The molecule has 4 aliphatic carbocycles. The van der Waals surface area contributed by atoms with E-state index in [0.29, 0.717) is 17.4 Å². The van der Waals surface area contributed by atoms with Crippen LogP contribution in [0.5, 0.6) is 0 Å². The molecule has 4 fully saturated rings. The maximum absolute atomic E-state index is 12.8. The smallest absolute Gasteiger partial charge is 0.337 e. The molecule has 0 spiro atoms. The van der Waals surface area contributed by atoms with Crippen molar-refractivity contribution in [2.24, 2.45) is 33.5 Å². The van der Waals surface area contributed by atoms with Crippen molar-refractivity contribution in [1.82, 2.24) is 0 Å². The number of hydrogen-bond acceptors (Lipinski definition) is 4. The van der Waals surface area contributed by atoms with Crippen LogP contribution < -0.4 is 0 Å². The average Bonchev–Trinajstić information content (AvgIpc) is 3.19. The summed E-state index contributed by atoms with van der Waals surface area (Å²) in [5.41, 5.74) is 1.03. The zero-order chi connectivity index (χ0) is 23.0. The van der Waals surface area contributed by atoms with Gasteiger partial charge < -0.3 is 9.47 Å². The fourth-order valence-electron chi connectivity index (χ4n) is 7.42. The Morgan fingerprint density at radius 2 is 1.23 bits per heavy atom. The minimum atomic E-state index is -0.422. The van der Waals surface area contributed by atoms with Crippen LogP contribution >= 0.6 is 0 Å². The minimum Gasteiger partial charge on any atom is -0.458 e. The molecule has 6 atom stereocenters. The Labute approximate surface area is 187 Å². The van der Waals surface area contributed by atoms with Crippen molar-refractivity contribution in [3.05, 3.63) is 23.8 Å². The monoisotopic (exact) mass is 428 g/mol. The lowest BCUT2D eigenvalue weighted by molar-refractivity contribution is -0.152. The van der Waals surface area contributed by atoms with Crippen LogP contribution in [-0.4, -0.2) is 24.1 Å². The Hall–Kier alpha value is -1.58. The Morgan fingerprint density at radius 1 is 0.806 bits per heavy atom. The number of ether oxygens (including phenoxy) is 2. The second-order valence-electron chi connectivity index (χ2n) is 12.4. The molecule has 4 bridgehead atoms. The Kier molecular flexibility index (Phi) is 5.07. The van der Waals surface area contributed by atoms with Gasteiger partial charge in [-0.05, 0) is 74.2 Å². The third kappa shape index (κ3) is 3.07. The summed E-state index contributed by atoms with van der Waals surface area (Å²) >= 11 is 0. The van der Waals surface area contributed by atoms with E-state index in [2.05, 4.69) is 48.1 Å². The normalized spacial score (nSPS) is 42.0. The van der Waals surface area contributed by atoms with Gasteiger partial charge in [-0.25, -0.2) is 9.59 Å². The molecule has 0 aliphatic heterocycles. The van der Waals surface area contributed by atoms with Crippen molar-refractivity contribution in [3.63, 3.8) is 0 Å². The van der Waals surface area contributed by atoms with Crippen LogP contribution in [0.3, 0.4) is 0 Å². The third-order valence-corrected chi connectivity index (χ3v) is 10.9. The largest absolute Gasteiger partial charge is 0.458 e. The zero-order valence-electron chi connectivity index (χ0n) is 20.5. The van der Waals surface area contributed by atoms with E-state index in [1.165, 1.54) is 18.9 Å². The van der Waals surface area contributed by atoms with Crippen LogP contribution in [0, 0.1) is 33.5 Å². The highest BCUT2D eigenvalue weighted by Crippen LogP contribution is 2.67. The second-order valence-corrected chi connectivity index (χ2v) is 12.4. The van der Waals surface area contributed by atoms with E-state index in [1.807, 2.05) is 0 Å². The highest BCUT2D eigenvalue weighted by Gasteiger charge is 2.64. The fraction of sp³-hybridized carbons (Fsp3) is 0.778. The summed E-state index contributed by atoms with van der Waals surface area (Å²) in [5.74, 6) is 0.436. The summed E-state index contributed by atoms with van der Waals surface area (Å²) in [6.07, 6.45) is 7.86. The molecule has 4 rings (SSSR count). The van der Waals surface area contributed by atoms with Crippen LogP contribution in [-0.2, 0) is 19.1 Å². The van der Waals surface area contributed by atoms with E-state index in [1.54, 1.807) is 6.92 Å². The lowest BCUT2D eigenvalue weighted by Crippen LogP contribution is -2.38. The van der Waals surface area contributed by atoms with Crippen molar-refractivity contribution < 1.29 is 19.1 Å². The highest BCUT2D eigenvalue weighted by molar-refractivity contribution is 5.95. The van der Waals surface area contributed by atoms with Gasteiger partial charge in [0.05, 0.1) is 5.57 Å². The SMILES string of the molecule is C=C(/C=C(\C)C(=O)OC1CC2CCC1(C)C2(C)C)C(=O)OC1CC2CCC1(C)C2(C)C. The van der Waals surface area contributed by atoms with Gasteiger partial charge >= 0.3 is 11.9 Å². The number of fused-ring (bicyclic) bond motifs is 4. The third-order valence-electron chi connectivity index (χ3n) is 10.9. The molecule has 0 N–H and O–H groups in total. The molecule has 172 valence electrons. The maximum Gasteiger partial charge on any atom is 0.337 e. The van der Waals surface area contributed by atoms with E-state index in [-0.39, 0.29) is 45.4 Å². The van der Waals surface area contributed by atoms with E-state index in [4.69, 9.17) is 9.47 Å².